The van der Waals surface area contributed by atoms with Crippen molar-refractivity contribution in [3.63, 3.8) is 0 Å². The molecule has 0 aromatic rings. The molecular weight excluding hydrogens is 286 g/mol. The second kappa shape index (κ2) is 11.3. The lowest BCUT2D eigenvalue weighted by atomic mass is 15.8. The van der Waals surface area contributed by atoms with E-state index in [1.54, 1.807) is 0 Å². The van der Waals surface area contributed by atoms with Crippen molar-refractivity contribution in [3.05, 3.63) is 0 Å². The van der Waals surface area contributed by atoms with Gasteiger partial charge in [-0.25, -0.2) is 0 Å². The molecule has 8 nitrogen and oxygen atoms in total. The second-order valence-electron chi connectivity index (χ2n) is 0.894. The van der Waals surface area contributed by atoms with Crippen LogP contribution in [0.1, 0.15) is 0 Å². The minimum atomic E-state index is -5.39. The van der Waals surface area contributed by atoms with E-state index in [0.29, 0.717) is 0 Å². The molecule has 0 atom stereocenters. The Morgan fingerprint density at radius 1 is 0.538 bits per heavy atom. The summed E-state index contributed by atoms with van der Waals surface area (Å²) in [5.41, 5.74) is 0. The Morgan fingerprint density at radius 2 is 0.538 bits per heavy atom. The zero-order valence-corrected chi connectivity index (χ0v) is 9.62. The van der Waals surface area contributed by atoms with Crippen molar-refractivity contribution in [2.24, 2.45) is 0 Å². The highest BCUT2D eigenvalue weighted by atomic mass is 32.1. The van der Waals surface area contributed by atoms with Crippen LogP contribution in [0.4, 0.5) is 0 Å². The molecule has 0 unspecified atom stereocenters. The molecule has 0 bridgehead atoms. The molecule has 13 heteroatoms. The fraction of sp³-hybridized carbons (Fsp3) is 0. The van der Waals surface area contributed by atoms with E-state index >= 15 is 0 Å². The lowest BCUT2D eigenvalue weighted by Crippen LogP contribution is -2.24. The van der Waals surface area contributed by atoms with Crippen LogP contribution in [0.15, 0.2) is 0 Å². The summed E-state index contributed by atoms with van der Waals surface area (Å²) in [5, 5.41) is 0. The fourth-order valence-corrected chi connectivity index (χ4v) is 0. The molecule has 0 saturated heterocycles. The molecular formula is O8P2S3. The Hall–Kier alpha value is 1.27. The van der Waals surface area contributed by atoms with Crippen molar-refractivity contribution in [3.8, 4) is 0 Å². The van der Waals surface area contributed by atoms with Gasteiger partial charge in [-0.05, 0) is 0 Å². The van der Waals surface area contributed by atoms with Crippen LogP contribution in [0.25, 0.3) is 0 Å². The van der Waals surface area contributed by atoms with E-state index in [1.165, 1.54) is 0 Å². The first-order chi connectivity index (χ1) is 4.00. The molecule has 0 amide bonds. The van der Waals surface area contributed by atoms with E-state index in [1.807, 2.05) is 0 Å². The SMILES string of the molecule is O=P([O-])([O-])[O-].O=P([O-])([O-])[O-].[S+2].[S+2].[S+2]. The van der Waals surface area contributed by atoms with E-state index in [9.17, 15) is 0 Å². The van der Waals surface area contributed by atoms with Crippen LogP contribution in [0.3, 0.4) is 0 Å². The van der Waals surface area contributed by atoms with E-state index in [2.05, 4.69) is 0 Å². The second-order valence-corrected chi connectivity index (χ2v) is 2.68. The Bertz CT molecular complexity index is 130. The molecule has 0 heterocycles. The van der Waals surface area contributed by atoms with Gasteiger partial charge in [-0.3, -0.25) is 0 Å². The van der Waals surface area contributed by atoms with Gasteiger partial charge in [0.25, 0.3) is 0 Å². The molecule has 0 aliphatic rings. The monoisotopic (exact) mass is 286 g/mol. The quantitative estimate of drug-likeness (QED) is 0.396. The lowest BCUT2D eigenvalue weighted by Gasteiger charge is -2.36. The first-order valence-corrected chi connectivity index (χ1v) is 4.38. The zero-order chi connectivity index (χ0) is 9.00. The van der Waals surface area contributed by atoms with E-state index in [0.717, 1.165) is 0 Å². The van der Waals surface area contributed by atoms with Crippen molar-refractivity contribution in [2.75, 3.05) is 0 Å². The molecule has 0 saturated carbocycles. The van der Waals surface area contributed by atoms with Crippen molar-refractivity contribution in [1.82, 2.24) is 0 Å². The van der Waals surface area contributed by atoms with Gasteiger partial charge in [-0.15, -0.1) is 0 Å². The predicted molar refractivity (Wildman–Crippen MR) is 37.3 cm³/mol. The average molecular weight is 286 g/mol. The van der Waals surface area contributed by atoms with E-state index in [-0.39, 0.29) is 40.5 Å². The summed E-state index contributed by atoms with van der Waals surface area (Å²) in [6.07, 6.45) is 0. The summed E-state index contributed by atoms with van der Waals surface area (Å²) < 4.78 is 17.1. The molecule has 0 spiro atoms. The van der Waals surface area contributed by atoms with Crippen LogP contribution in [-0.2, 0) is 49.6 Å². The largest absolute Gasteiger partial charge is 2.00 e. The summed E-state index contributed by atoms with van der Waals surface area (Å²) in [6.45, 7) is 0. The minimum absolute atomic E-state index is 0. The van der Waals surface area contributed by atoms with Gasteiger partial charge >= 0.3 is 40.5 Å². The van der Waals surface area contributed by atoms with Crippen molar-refractivity contribution in [1.29, 1.82) is 0 Å². The van der Waals surface area contributed by atoms with Crippen LogP contribution < -0.4 is 29.4 Å². The van der Waals surface area contributed by atoms with E-state index in [4.69, 9.17) is 38.5 Å². The molecule has 0 fully saturated rings. The molecule has 0 aliphatic carbocycles. The maximum Gasteiger partial charge on any atom is 2.00 e. The van der Waals surface area contributed by atoms with Gasteiger partial charge in [0, 0.05) is 0 Å². The third-order valence-corrected chi connectivity index (χ3v) is 0. The first kappa shape index (κ1) is 29.2. The topological polar surface area (TPSA) is 172 Å². The van der Waals surface area contributed by atoms with Crippen LogP contribution in [-0.4, -0.2) is 0 Å². The van der Waals surface area contributed by atoms with Gasteiger partial charge in [0.05, 0.1) is 0 Å². The summed E-state index contributed by atoms with van der Waals surface area (Å²) in [4.78, 5) is 51.3. The van der Waals surface area contributed by atoms with Crippen LogP contribution in [0.5, 0.6) is 0 Å². The first-order valence-electron chi connectivity index (χ1n) is 1.46. The van der Waals surface area contributed by atoms with Gasteiger partial charge in [0.1, 0.15) is 0 Å². The molecule has 12 radical (unpaired) electrons. The highest BCUT2D eigenvalue weighted by Crippen LogP contribution is 2.03. The summed E-state index contributed by atoms with van der Waals surface area (Å²) in [6, 6.07) is 0. The maximum absolute atomic E-state index is 8.55. The highest BCUT2D eigenvalue weighted by Gasteiger charge is 2.00. The normalized spacial score (nSPS) is 9.08. The lowest BCUT2D eigenvalue weighted by molar-refractivity contribution is -0.434. The van der Waals surface area contributed by atoms with Gasteiger partial charge in [0.2, 0.25) is 0 Å². The molecule has 0 aliphatic heterocycles. The fourth-order valence-electron chi connectivity index (χ4n) is 0. The average Bonchev–Trinajstić information content (AvgIpc) is 1.12. The Balaban J connectivity index is -0.0000000267. The molecule has 76 valence electrons. The van der Waals surface area contributed by atoms with Crippen molar-refractivity contribution >= 4 is 56.1 Å². The molecule has 13 heavy (non-hydrogen) atoms. The Kier molecular flexibility index (Phi) is 25.5. The maximum atomic E-state index is 8.55. The minimum Gasteiger partial charge on any atom is -0.822 e. The molecule has 0 aromatic heterocycles. The highest BCUT2D eigenvalue weighted by molar-refractivity contribution is 7.40. The van der Waals surface area contributed by atoms with Gasteiger partial charge in [-0.1, -0.05) is 0 Å². The Morgan fingerprint density at radius 3 is 0.538 bits per heavy atom. The van der Waals surface area contributed by atoms with E-state index < -0.39 is 15.6 Å². The number of hydrogen-bond donors (Lipinski definition) is 0. The summed E-state index contributed by atoms with van der Waals surface area (Å²) in [7, 11) is -10.8. The molecule has 0 rings (SSSR count). The van der Waals surface area contributed by atoms with Gasteiger partial charge in [-0.2, -0.15) is 15.6 Å². The van der Waals surface area contributed by atoms with Crippen LogP contribution in [0, 0.1) is 0 Å². The number of hydrogen-bond acceptors (Lipinski definition) is 8. The smallest absolute Gasteiger partial charge is 0.822 e. The number of phosphoric acid groups is 2. The zero-order valence-electron chi connectivity index (χ0n) is 5.39. The third kappa shape index (κ3) is 1040. The van der Waals surface area contributed by atoms with Crippen LogP contribution in [0.2, 0.25) is 0 Å². The molecule has 0 N–H and O–H groups in total. The summed E-state index contributed by atoms with van der Waals surface area (Å²) >= 11 is 0. The summed E-state index contributed by atoms with van der Waals surface area (Å²) in [5.74, 6) is 0. The predicted octanol–water partition coefficient (Wildman–Crippen LogP) is -5.66. The van der Waals surface area contributed by atoms with Crippen molar-refractivity contribution < 1.29 is 38.5 Å². The third-order valence-electron chi connectivity index (χ3n) is 0. The molecule has 0 aromatic carbocycles. The van der Waals surface area contributed by atoms with Crippen LogP contribution >= 0.6 is 15.6 Å². The van der Waals surface area contributed by atoms with Gasteiger partial charge in [0.15, 0.2) is 0 Å². The Labute approximate surface area is 94.8 Å². The number of rotatable bonds is 0. The standard InChI is InChI=1S/2H3O4P.3S/c2*1-5(2,3)4;;;/h2*(H3,1,2,3,4);;;/q;;3*+2/p-6. The van der Waals surface area contributed by atoms with Gasteiger partial charge < -0.3 is 38.5 Å². The van der Waals surface area contributed by atoms with Crippen molar-refractivity contribution in [2.45, 2.75) is 0 Å².